The summed E-state index contributed by atoms with van der Waals surface area (Å²) in [6.45, 7) is 3.02. The van der Waals surface area contributed by atoms with Crippen LogP contribution in [0.1, 0.15) is 58.3 Å². The maximum absolute atomic E-state index is 12.1. The first kappa shape index (κ1) is 14.0. The molecule has 96 valence electrons. The van der Waals surface area contributed by atoms with Crippen molar-refractivity contribution in [1.29, 1.82) is 5.26 Å². The maximum Gasteiger partial charge on any atom is 0.223 e. The standard InChI is InChI=1S/C14H24N2O/c1-2-10-16(11-9-15)14(17)12-13-7-5-3-4-6-8-13/h13H,2-8,10-12H2,1H3. The average Bonchev–Trinajstić information content (AvgIpc) is 2.57. The van der Waals surface area contributed by atoms with Gasteiger partial charge in [-0.05, 0) is 25.2 Å². The fourth-order valence-corrected chi connectivity index (χ4v) is 2.59. The van der Waals surface area contributed by atoms with E-state index in [4.69, 9.17) is 5.26 Å². The molecule has 1 fully saturated rings. The molecular weight excluding hydrogens is 212 g/mol. The summed E-state index contributed by atoms with van der Waals surface area (Å²) in [5.41, 5.74) is 0. The molecule has 0 aromatic heterocycles. The van der Waals surface area contributed by atoms with Crippen LogP contribution in [0.25, 0.3) is 0 Å². The summed E-state index contributed by atoms with van der Waals surface area (Å²) in [7, 11) is 0. The third-order valence-corrected chi connectivity index (χ3v) is 3.55. The Morgan fingerprint density at radius 2 is 1.94 bits per heavy atom. The van der Waals surface area contributed by atoms with E-state index >= 15 is 0 Å². The Morgan fingerprint density at radius 3 is 2.47 bits per heavy atom. The van der Waals surface area contributed by atoms with Crippen molar-refractivity contribution in [3.8, 4) is 6.07 Å². The van der Waals surface area contributed by atoms with Crippen molar-refractivity contribution >= 4 is 5.91 Å². The topological polar surface area (TPSA) is 44.1 Å². The molecule has 0 aliphatic heterocycles. The van der Waals surface area contributed by atoms with Gasteiger partial charge in [-0.15, -0.1) is 0 Å². The van der Waals surface area contributed by atoms with Gasteiger partial charge >= 0.3 is 0 Å². The van der Waals surface area contributed by atoms with Gasteiger partial charge in [-0.2, -0.15) is 5.26 Å². The fourth-order valence-electron chi connectivity index (χ4n) is 2.59. The number of carbonyl (C=O) groups excluding carboxylic acids is 1. The first-order valence-electron chi connectivity index (χ1n) is 6.92. The van der Waals surface area contributed by atoms with E-state index < -0.39 is 0 Å². The molecule has 0 unspecified atom stereocenters. The molecule has 17 heavy (non-hydrogen) atoms. The lowest BCUT2D eigenvalue weighted by molar-refractivity contribution is -0.131. The molecular formula is C14H24N2O. The Kier molecular flexibility index (Phi) is 6.69. The van der Waals surface area contributed by atoms with E-state index in [2.05, 4.69) is 6.07 Å². The molecule has 0 atom stereocenters. The molecule has 1 amide bonds. The maximum atomic E-state index is 12.1. The highest BCUT2D eigenvalue weighted by atomic mass is 16.2. The average molecular weight is 236 g/mol. The Labute approximate surface area is 105 Å². The summed E-state index contributed by atoms with van der Waals surface area (Å²) >= 11 is 0. The first-order valence-corrected chi connectivity index (χ1v) is 6.92. The van der Waals surface area contributed by atoms with E-state index in [1.165, 1.54) is 38.5 Å². The summed E-state index contributed by atoms with van der Waals surface area (Å²) < 4.78 is 0. The van der Waals surface area contributed by atoms with E-state index in [1.807, 2.05) is 6.92 Å². The minimum Gasteiger partial charge on any atom is -0.329 e. The number of hydrogen-bond donors (Lipinski definition) is 0. The lowest BCUT2D eigenvalue weighted by Gasteiger charge is -2.21. The van der Waals surface area contributed by atoms with Crippen molar-refractivity contribution in [3.63, 3.8) is 0 Å². The van der Waals surface area contributed by atoms with E-state index in [-0.39, 0.29) is 12.5 Å². The summed E-state index contributed by atoms with van der Waals surface area (Å²) in [6.07, 6.45) is 9.15. The van der Waals surface area contributed by atoms with Crippen molar-refractivity contribution < 1.29 is 4.79 Å². The summed E-state index contributed by atoms with van der Waals surface area (Å²) in [6, 6.07) is 2.09. The smallest absolute Gasteiger partial charge is 0.223 e. The second kappa shape index (κ2) is 8.11. The lowest BCUT2D eigenvalue weighted by Crippen LogP contribution is -2.33. The predicted octanol–water partition coefficient (Wildman–Crippen LogP) is 3.11. The van der Waals surface area contributed by atoms with Gasteiger partial charge in [0.25, 0.3) is 0 Å². The zero-order chi connectivity index (χ0) is 12.5. The molecule has 0 heterocycles. The number of hydrogen-bond acceptors (Lipinski definition) is 2. The van der Waals surface area contributed by atoms with Crippen LogP contribution in [0, 0.1) is 17.2 Å². The highest BCUT2D eigenvalue weighted by Crippen LogP contribution is 2.25. The second-order valence-corrected chi connectivity index (χ2v) is 5.04. The minimum atomic E-state index is 0.181. The normalized spacial score (nSPS) is 17.2. The minimum absolute atomic E-state index is 0.181. The number of nitrogens with zero attached hydrogens (tertiary/aromatic N) is 2. The number of rotatable bonds is 5. The van der Waals surface area contributed by atoms with Crippen LogP contribution in [0.4, 0.5) is 0 Å². The molecule has 0 N–H and O–H groups in total. The van der Waals surface area contributed by atoms with Gasteiger partial charge in [-0.25, -0.2) is 0 Å². The van der Waals surface area contributed by atoms with Gasteiger partial charge in [0.2, 0.25) is 5.91 Å². The molecule has 3 heteroatoms. The van der Waals surface area contributed by atoms with Gasteiger partial charge in [-0.3, -0.25) is 4.79 Å². The monoisotopic (exact) mass is 236 g/mol. The van der Waals surface area contributed by atoms with Gasteiger partial charge in [0.05, 0.1) is 6.07 Å². The highest BCUT2D eigenvalue weighted by Gasteiger charge is 2.19. The number of nitriles is 1. The lowest BCUT2D eigenvalue weighted by atomic mass is 9.96. The molecule has 0 aromatic carbocycles. The molecule has 0 saturated heterocycles. The molecule has 1 aliphatic carbocycles. The quantitative estimate of drug-likeness (QED) is 0.544. The molecule has 0 aromatic rings. The van der Waals surface area contributed by atoms with Crippen LogP contribution in [0.3, 0.4) is 0 Å². The Balaban J connectivity index is 2.41. The van der Waals surface area contributed by atoms with E-state index in [0.29, 0.717) is 12.3 Å². The van der Waals surface area contributed by atoms with Crippen LogP contribution in [0.5, 0.6) is 0 Å². The first-order chi connectivity index (χ1) is 8.27. The van der Waals surface area contributed by atoms with Crippen molar-refractivity contribution in [3.05, 3.63) is 0 Å². The Bertz CT molecular complexity index is 262. The van der Waals surface area contributed by atoms with Crippen LogP contribution in [-0.4, -0.2) is 23.9 Å². The van der Waals surface area contributed by atoms with Gasteiger partial charge in [0.15, 0.2) is 0 Å². The zero-order valence-corrected chi connectivity index (χ0v) is 11.0. The van der Waals surface area contributed by atoms with Crippen molar-refractivity contribution in [2.24, 2.45) is 5.92 Å². The molecule has 0 bridgehead atoms. The molecule has 0 spiro atoms. The third-order valence-electron chi connectivity index (χ3n) is 3.55. The van der Waals surface area contributed by atoms with Crippen LogP contribution >= 0.6 is 0 Å². The largest absolute Gasteiger partial charge is 0.329 e. The molecule has 1 aliphatic rings. The highest BCUT2D eigenvalue weighted by molar-refractivity contribution is 5.76. The van der Waals surface area contributed by atoms with Crippen LogP contribution in [0.15, 0.2) is 0 Å². The number of carbonyl (C=O) groups is 1. The third kappa shape index (κ3) is 5.21. The predicted molar refractivity (Wildman–Crippen MR) is 68.3 cm³/mol. The van der Waals surface area contributed by atoms with E-state index in [1.54, 1.807) is 4.90 Å². The Morgan fingerprint density at radius 1 is 1.29 bits per heavy atom. The summed E-state index contributed by atoms with van der Waals surface area (Å²) in [5, 5.41) is 8.72. The molecule has 3 nitrogen and oxygen atoms in total. The van der Waals surface area contributed by atoms with Gasteiger partial charge in [0, 0.05) is 13.0 Å². The molecule has 0 radical (unpaired) electrons. The van der Waals surface area contributed by atoms with Gasteiger partial charge in [0.1, 0.15) is 6.54 Å². The van der Waals surface area contributed by atoms with Crippen LogP contribution < -0.4 is 0 Å². The second-order valence-electron chi connectivity index (χ2n) is 5.04. The van der Waals surface area contributed by atoms with Crippen molar-refractivity contribution in [2.75, 3.05) is 13.1 Å². The number of amides is 1. The SMILES string of the molecule is CCCN(CC#N)C(=O)CC1CCCCCC1. The Hall–Kier alpha value is -1.04. The van der Waals surface area contributed by atoms with Gasteiger partial charge in [-0.1, -0.05) is 32.6 Å². The van der Waals surface area contributed by atoms with Gasteiger partial charge < -0.3 is 4.90 Å². The summed E-state index contributed by atoms with van der Waals surface area (Å²) in [4.78, 5) is 13.8. The zero-order valence-electron chi connectivity index (χ0n) is 11.0. The van der Waals surface area contributed by atoms with Crippen LogP contribution in [-0.2, 0) is 4.79 Å². The van der Waals surface area contributed by atoms with Crippen LogP contribution in [0.2, 0.25) is 0 Å². The van der Waals surface area contributed by atoms with Crippen molar-refractivity contribution in [1.82, 2.24) is 4.90 Å². The molecule has 1 rings (SSSR count). The summed E-state index contributed by atoms with van der Waals surface area (Å²) in [5.74, 6) is 0.739. The van der Waals surface area contributed by atoms with E-state index in [0.717, 1.165) is 13.0 Å². The van der Waals surface area contributed by atoms with E-state index in [9.17, 15) is 4.79 Å². The fraction of sp³-hybridized carbons (Fsp3) is 0.857. The molecule has 1 saturated carbocycles. The van der Waals surface area contributed by atoms with Crippen molar-refractivity contribution in [2.45, 2.75) is 58.3 Å².